The first kappa shape index (κ1) is 10.4. The fraction of sp³-hybridized carbons (Fsp3) is 0.462. The average molecular weight is 203 g/mol. The van der Waals surface area contributed by atoms with E-state index in [1.807, 2.05) is 12.1 Å². The van der Waals surface area contributed by atoms with Crippen LogP contribution in [0.2, 0.25) is 0 Å². The average Bonchev–Trinajstić information content (AvgIpc) is 2.23. The number of carbonyl (C=O) groups excluding carboxylic acids is 1. The van der Waals surface area contributed by atoms with Crippen molar-refractivity contribution in [1.82, 2.24) is 0 Å². The number of benzene rings is 1. The summed E-state index contributed by atoms with van der Waals surface area (Å²) < 4.78 is 0. The van der Waals surface area contributed by atoms with Gasteiger partial charge in [-0.15, -0.1) is 0 Å². The second kappa shape index (κ2) is 3.78. The van der Waals surface area contributed by atoms with Gasteiger partial charge in [-0.05, 0) is 30.9 Å². The van der Waals surface area contributed by atoms with E-state index in [9.17, 15) is 4.79 Å². The van der Waals surface area contributed by atoms with Gasteiger partial charge < -0.3 is 5.73 Å². The highest BCUT2D eigenvalue weighted by Crippen LogP contribution is 2.34. The van der Waals surface area contributed by atoms with Gasteiger partial charge in [-0.1, -0.05) is 24.3 Å². The summed E-state index contributed by atoms with van der Waals surface area (Å²) >= 11 is 0. The molecule has 0 radical (unpaired) electrons. The minimum atomic E-state index is -0.279. The van der Waals surface area contributed by atoms with Crippen LogP contribution in [0.15, 0.2) is 24.3 Å². The molecular weight excluding hydrogens is 186 g/mol. The van der Waals surface area contributed by atoms with Crippen LogP contribution in [0.5, 0.6) is 0 Å². The molecule has 2 N–H and O–H groups in total. The molecule has 0 unspecified atom stereocenters. The van der Waals surface area contributed by atoms with E-state index in [1.165, 1.54) is 11.1 Å². The molecule has 1 aliphatic carbocycles. The molecule has 2 nitrogen and oxygen atoms in total. The Morgan fingerprint density at radius 3 is 2.40 bits per heavy atom. The largest absolute Gasteiger partial charge is 0.321 e. The molecule has 0 atom stereocenters. The van der Waals surface area contributed by atoms with Crippen LogP contribution in [0.3, 0.4) is 0 Å². The standard InChI is InChI=1S/C13H17NO/c1-10-4-2-3-5-12(10)13(14)8-6-11(15)7-9-13/h2-5H,6-9,14H2,1H3. The van der Waals surface area contributed by atoms with Crippen LogP contribution >= 0.6 is 0 Å². The Balaban J connectivity index is 2.30. The predicted octanol–water partition coefficient (Wildman–Crippen LogP) is 2.29. The van der Waals surface area contributed by atoms with Crippen molar-refractivity contribution in [3.63, 3.8) is 0 Å². The van der Waals surface area contributed by atoms with Crippen molar-refractivity contribution in [2.45, 2.75) is 38.1 Å². The Morgan fingerprint density at radius 2 is 1.80 bits per heavy atom. The highest BCUT2D eigenvalue weighted by atomic mass is 16.1. The zero-order valence-corrected chi connectivity index (χ0v) is 9.12. The summed E-state index contributed by atoms with van der Waals surface area (Å²) in [7, 11) is 0. The van der Waals surface area contributed by atoms with Gasteiger partial charge in [-0.2, -0.15) is 0 Å². The summed E-state index contributed by atoms with van der Waals surface area (Å²) in [6.07, 6.45) is 2.84. The van der Waals surface area contributed by atoms with Crippen LogP contribution in [0.25, 0.3) is 0 Å². The number of Topliss-reactive ketones (excluding diaryl/α,β-unsaturated/α-hetero) is 1. The second-order valence-corrected chi connectivity index (χ2v) is 4.51. The maximum absolute atomic E-state index is 11.2. The maximum atomic E-state index is 11.2. The van der Waals surface area contributed by atoms with Crippen molar-refractivity contribution >= 4 is 5.78 Å². The lowest BCUT2D eigenvalue weighted by atomic mass is 9.75. The molecule has 0 spiro atoms. The van der Waals surface area contributed by atoms with E-state index < -0.39 is 0 Å². The zero-order chi connectivity index (χ0) is 10.9. The van der Waals surface area contributed by atoms with Crippen LogP contribution in [-0.2, 0) is 10.3 Å². The van der Waals surface area contributed by atoms with Crippen LogP contribution in [0.4, 0.5) is 0 Å². The quantitative estimate of drug-likeness (QED) is 0.761. The van der Waals surface area contributed by atoms with E-state index >= 15 is 0 Å². The Kier molecular flexibility index (Phi) is 2.61. The van der Waals surface area contributed by atoms with E-state index in [1.54, 1.807) is 0 Å². The summed E-state index contributed by atoms with van der Waals surface area (Å²) in [5, 5.41) is 0. The van der Waals surface area contributed by atoms with Crippen molar-refractivity contribution in [3.8, 4) is 0 Å². The monoisotopic (exact) mass is 203 g/mol. The molecule has 1 aromatic rings. The van der Waals surface area contributed by atoms with Gasteiger partial charge in [-0.3, -0.25) is 4.79 Å². The molecule has 0 amide bonds. The number of nitrogens with two attached hydrogens (primary N) is 1. The Bertz CT molecular complexity index is 374. The van der Waals surface area contributed by atoms with Gasteiger partial charge in [0.05, 0.1) is 0 Å². The first-order chi connectivity index (χ1) is 7.12. The molecule has 0 bridgehead atoms. The van der Waals surface area contributed by atoms with Crippen LogP contribution in [-0.4, -0.2) is 5.78 Å². The first-order valence-electron chi connectivity index (χ1n) is 5.48. The number of hydrogen-bond acceptors (Lipinski definition) is 2. The van der Waals surface area contributed by atoms with E-state index in [-0.39, 0.29) is 5.54 Å². The molecule has 0 saturated heterocycles. The number of rotatable bonds is 1. The van der Waals surface area contributed by atoms with Crippen molar-refractivity contribution < 1.29 is 4.79 Å². The van der Waals surface area contributed by atoms with Gasteiger partial charge in [0.25, 0.3) is 0 Å². The number of ketones is 1. The lowest BCUT2D eigenvalue weighted by Crippen LogP contribution is -2.41. The minimum Gasteiger partial charge on any atom is -0.321 e. The second-order valence-electron chi connectivity index (χ2n) is 4.51. The Labute approximate surface area is 90.5 Å². The van der Waals surface area contributed by atoms with Crippen LogP contribution in [0.1, 0.15) is 36.8 Å². The maximum Gasteiger partial charge on any atom is 0.133 e. The lowest BCUT2D eigenvalue weighted by Gasteiger charge is -2.34. The third-order valence-corrected chi connectivity index (χ3v) is 3.38. The van der Waals surface area contributed by atoms with Crippen molar-refractivity contribution in [3.05, 3.63) is 35.4 Å². The fourth-order valence-corrected chi connectivity index (χ4v) is 2.38. The molecule has 0 aromatic heterocycles. The molecule has 2 rings (SSSR count). The predicted molar refractivity (Wildman–Crippen MR) is 60.5 cm³/mol. The summed E-state index contributed by atoms with van der Waals surface area (Å²) in [6.45, 7) is 2.08. The minimum absolute atomic E-state index is 0.279. The highest BCUT2D eigenvalue weighted by molar-refractivity contribution is 5.79. The van der Waals surface area contributed by atoms with Gasteiger partial charge in [0.2, 0.25) is 0 Å². The molecule has 15 heavy (non-hydrogen) atoms. The van der Waals surface area contributed by atoms with Gasteiger partial charge in [0.1, 0.15) is 5.78 Å². The lowest BCUT2D eigenvalue weighted by molar-refractivity contribution is -0.121. The molecule has 1 aliphatic rings. The van der Waals surface area contributed by atoms with E-state index in [2.05, 4.69) is 19.1 Å². The van der Waals surface area contributed by atoms with Crippen molar-refractivity contribution in [1.29, 1.82) is 0 Å². The van der Waals surface area contributed by atoms with Gasteiger partial charge in [-0.25, -0.2) is 0 Å². The summed E-state index contributed by atoms with van der Waals surface area (Å²) in [6, 6.07) is 8.22. The zero-order valence-electron chi connectivity index (χ0n) is 9.12. The molecule has 80 valence electrons. The van der Waals surface area contributed by atoms with Gasteiger partial charge in [0, 0.05) is 18.4 Å². The van der Waals surface area contributed by atoms with Crippen LogP contribution < -0.4 is 5.73 Å². The van der Waals surface area contributed by atoms with Gasteiger partial charge >= 0.3 is 0 Å². The summed E-state index contributed by atoms with van der Waals surface area (Å²) in [5.74, 6) is 0.352. The summed E-state index contributed by atoms with van der Waals surface area (Å²) in [4.78, 5) is 11.2. The third kappa shape index (κ3) is 1.95. The van der Waals surface area contributed by atoms with Crippen molar-refractivity contribution in [2.24, 2.45) is 5.73 Å². The molecule has 1 saturated carbocycles. The van der Waals surface area contributed by atoms with E-state index in [0.717, 1.165) is 12.8 Å². The third-order valence-electron chi connectivity index (χ3n) is 3.38. The molecule has 1 aromatic carbocycles. The topological polar surface area (TPSA) is 43.1 Å². The Morgan fingerprint density at radius 1 is 1.20 bits per heavy atom. The molecular formula is C13H17NO. The van der Waals surface area contributed by atoms with Gasteiger partial charge in [0.15, 0.2) is 0 Å². The smallest absolute Gasteiger partial charge is 0.133 e. The molecule has 2 heteroatoms. The number of hydrogen-bond donors (Lipinski definition) is 1. The molecule has 0 aliphatic heterocycles. The molecule has 1 fully saturated rings. The number of carbonyl (C=O) groups is 1. The molecule has 0 heterocycles. The Hall–Kier alpha value is -1.15. The van der Waals surface area contributed by atoms with E-state index in [0.29, 0.717) is 18.6 Å². The number of aryl methyl sites for hydroxylation is 1. The van der Waals surface area contributed by atoms with Crippen molar-refractivity contribution in [2.75, 3.05) is 0 Å². The highest BCUT2D eigenvalue weighted by Gasteiger charge is 2.33. The normalized spacial score (nSPS) is 20.3. The fourth-order valence-electron chi connectivity index (χ4n) is 2.38. The van der Waals surface area contributed by atoms with Crippen LogP contribution in [0, 0.1) is 6.92 Å². The van der Waals surface area contributed by atoms with E-state index in [4.69, 9.17) is 5.73 Å². The summed E-state index contributed by atoms with van der Waals surface area (Å²) in [5.41, 5.74) is 8.55. The SMILES string of the molecule is Cc1ccccc1C1(N)CCC(=O)CC1. The first-order valence-corrected chi connectivity index (χ1v) is 5.48.